The zero-order chi connectivity index (χ0) is 30.0. The summed E-state index contributed by atoms with van der Waals surface area (Å²) in [6, 6.07) is 12.9. The summed E-state index contributed by atoms with van der Waals surface area (Å²) in [5.74, 6) is 0.0299. The predicted molar refractivity (Wildman–Crippen MR) is 149 cm³/mol. The highest BCUT2D eigenvalue weighted by molar-refractivity contribution is 5.79. The number of carbonyl (C=O) groups excluding carboxylic acids is 3. The number of hydrogen-bond acceptors (Lipinski definition) is 6. The number of ether oxygens (including phenoxy) is 2. The van der Waals surface area contributed by atoms with Crippen LogP contribution in [0.15, 0.2) is 55.1 Å². The molecule has 0 aliphatic rings. The van der Waals surface area contributed by atoms with E-state index in [0.29, 0.717) is 49.7 Å². The van der Waals surface area contributed by atoms with Crippen LogP contribution in [0.25, 0.3) is 5.70 Å². The number of halogens is 3. The quantitative estimate of drug-likeness (QED) is 0.202. The Hall–Kier alpha value is -3.50. The average Bonchev–Trinajstić information content (AvgIpc) is 2.92. The standard InChI is InChI=1S/C28H32F3NO5.C2H7N/c1-21-17-25(13-14-26(21)22(2)32(20-35)24(18-34)11-8-15-33)37-27(28(29,30)31)12-6-7-16-36-19-23-9-4-3-5-10-23;1-3-2/h3-5,9-10,13-15,17-18,20,24,27H,2,6-8,11-12,16,19H2,1H3;3H,1-2H3. The van der Waals surface area contributed by atoms with Crippen LogP contribution in [-0.2, 0) is 25.7 Å². The van der Waals surface area contributed by atoms with E-state index in [1.54, 1.807) is 6.92 Å². The zero-order valence-electron chi connectivity index (χ0n) is 23.3. The summed E-state index contributed by atoms with van der Waals surface area (Å²) in [7, 11) is 3.75. The largest absolute Gasteiger partial charge is 0.481 e. The number of hydrogen-bond donors (Lipinski definition) is 1. The number of alkyl halides is 3. The molecule has 2 unspecified atom stereocenters. The van der Waals surface area contributed by atoms with Crippen molar-refractivity contribution >= 4 is 24.7 Å². The topological polar surface area (TPSA) is 84.9 Å². The van der Waals surface area contributed by atoms with E-state index in [4.69, 9.17) is 9.47 Å². The van der Waals surface area contributed by atoms with Gasteiger partial charge in [-0.2, -0.15) is 13.2 Å². The van der Waals surface area contributed by atoms with Crippen LogP contribution in [-0.4, -0.2) is 62.9 Å². The van der Waals surface area contributed by atoms with Crippen LogP contribution in [0.1, 0.15) is 48.8 Å². The lowest BCUT2D eigenvalue weighted by Crippen LogP contribution is -2.34. The van der Waals surface area contributed by atoms with Crippen molar-refractivity contribution in [1.82, 2.24) is 10.2 Å². The second-order valence-corrected chi connectivity index (χ2v) is 9.07. The van der Waals surface area contributed by atoms with E-state index in [2.05, 4.69) is 11.9 Å². The van der Waals surface area contributed by atoms with Crippen molar-refractivity contribution in [3.63, 3.8) is 0 Å². The molecule has 2 aromatic rings. The van der Waals surface area contributed by atoms with Crippen LogP contribution < -0.4 is 10.1 Å². The van der Waals surface area contributed by atoms with Crippen LogP contribution in [0.2, 0.25) is 0 Å². The van der Waals surface area contributed by atoms with Gasteiger partial charge in [-0.25, -0.2) is 0 Å². The van der Waals surface area contributed by atoms with Crippen LogP contribution in [0.3, 0.4) is 0 Å². The lowest BCUT2D eigenvalue weighted by atomic mass is 10.0. The van der Waals surface area contributed by atoms with Gasteiger partial charge in [-0.1, -0.05) is 36.9 Å². The molecule has 40 heavy (non-hydrogen) atoms. The molecule has 1 N–H and O–H groups in total. The molecule has 2 aromatic carbocycles. The molecule has 0 aliphatic heterocycles. The maximum atomic E-state index is 13.6. The third-order valence-electron chi connectivity index (χ3n) is 5.79. The van der Waals surface area contributed by atoms with Gasteiger partial charge in [0.2, 0.25) is 6.41 Å². The first-order chi connectivity index (χ1) is 19.1. The molecule has 0 aromatic heterocycles. The summed E-state index contributed by atoms with van der Waals surface area (Å²) >= 11 is 0. The minimum Gasteiger partial charge on any atom is -0.481 e. The number of amides is 1. The van der Waals surface area contributed by atoms with Gasteiger partial charge in [0.1, 0.15) is 18.3 Å². The third kappa shape index (κ3) is 12.1. The fourth-order valence-corrected chi connectivity index (χ4v) is 3.78. The van der Waals surface area contributed by atoms with Gasteiger partial charge in [0.15, 0.2) is 6.10 Å². The maximum absolute atomic E-state index is 13.6. The molecule has 0 saturated carbocycles. The normalized spacial score (nSPS) is 12.3. The number of nitrogens with zero attached hydrogens (tertiary/aromatic N) is 1. The molecule has 2 atom stereocenters. The maximum Gasteiger partial charge on any atom is 0.425 e. The van der Waals surface area contributed by atoms with Gasteiger partial charge in [0.25, 0.3) is 0 Å². The summed E-state index contributed by atoms with van der Waals surface area (Å²) in [4.78, 5) is 34.8. The van der Waals surface area contributed by atoms with Gasteiger partial charge in [-0.05, 0) is 76.0 Å². The van der Waals surface area contributed by atoms with Gasteiger partial charge in [-0.15, -0.1) is 0 Å². The monoisotopic (exact) mass is 564 g/mol. The van der Waals surface area contributed by atoms with E-state index in [0.717, 1.165) is 10.5 Å². The number of benzene rings is 2. The number of unbranched alkanes of at least 4 members (excludes halogenated alkanes) is 1. The number of carbonyl (C=O) groups is 3. The Bertz CT molecular complexity index is 1050. The van der Waals surface area contributed by atoms with Crippen LogP contribution >= 0.6 is 0 Å². The Kier molecular flexibility index (Phi) is 16.2. The molecule has 10 heteroatoms. The Labute approximate surface area is 234 Å². The van der Waals surface area contributed by atoms with Crippen molar-refractivity contribution < 1.29 is 37.0 Å². The van der Waals surface area contributed by atoms with Crippen molar-refractivity contribution in [1.29, 1.82) is 0 Å². The van der Waals surface area contributed by atoms with E-state index in [1.165, 1.54) is 18.2 Å². The zero-order valence-corrected chi connectivity index (χ0v) is 23.3. The number of rotatable bonds is 17. The minimum absolute atomic E-state index is 0.0299. The van der Waals surface area contributed by atoms with Gasteiger partial charge in [0.05, 0.1) is 12.6 Å². The number of aldehydes is 2. The first-order valence-electron chi connectivity index (χ1n) is 13.0. The van der Waals surface area contributed by atoms with Crippen molar-refractivity contribution in [3.05, 3.63) is 71.8 Å². The average molecular weight is 565 g/mol. The van der Waals surface area contributed by atoms with Gasteiger partial charge in [0, 0.05) is 24.3 Å². The van der Waals surface area contributed by atoms with Gasteiger partial charge >= 0.3 is 6.18 Å². The van der Waals surface area contributed by atoms with E-state index in [9.17, 15) is 27.6 Å². The molecule has 0 aliphatic carbocycles. The first kappa shape index (κ1) is 34.5. The van der Waals surface area contributed by atoms with Crippen molar-refractivity contribution in [3.8, 4) is 5.75 Å². The molecule has 0 saturated heterocycles. The highest BCUT2D eigenvalue weighted by Gasteiger charge is 2.41. The minimum atomic E-state index is -4.55. The first-order valence-corrected chi connectivity index (χ1v) is 13.0. The van der Waals surface area contributed by atoms with Gasteiger partial charge in [-0.3, -0.25) is 4.79 Å². The molecule has 0 fully saturated rings. The van der Waals surface area contributed by atoms with Gasteiger partial charge < -0.3 is 29.3 Å². The van der Waals surface area contributed by atoms with Crippen LogP contribution in [0, 0.1) is 6.92 Å². The van der Waals surface area contributed by atoms with E-state index in [1.807, 2.05) is 44.4 Å². The highest BCUT2D eigenvalue weighted by Crippen LogP contribution is 2.31. The Morgan fingerprint density at radius 3 is 2.27 bits per heavy atom. The summed E-state index contributed by atoms with van der Waals surface area (Å²) in [6.07, 6.45) is -4.15. The molecular formula is C30H39F3N2O5. The Morgan fingerprint density at radius 1 is 1.05 bits per heavy atom. The molecule has 0 bridgehead atoms. The lowest BCUT2D eigenvalue weighted by molar-refractivity contribution is -0.197. The fourth-order valence-electron chi connectivity index (χ4n) is 3.78. The summed E-state index contributed by atoms with van der Waals surface area (Å²) in [6.45, 7) is 6.26. The smallest absolute Gasteiger partial charge is 0.425 e. The van der Waals surface area contributed by atoms with E-state index >= 15 is 0 Å². The molecule has 7 nitrogen and oxygen atoms in total. The van der Waals surface area contributed by atoms with E-state index in [-0.39, 0.29) is 37.1 Å². The van der Waals surface area contributed by atoms with Crippen LogP contribution in [0.5, 0.6) is 5.75 Å². The molecule has 220 valence electrons. The Balaban J connectivity index is 0.00000254. The molecule has 0 heterocycles. The van der Waals surface area contributed by atoms with Crippen molar-refractivity contribution in [2.24, 2.45) is 0 Å². The highest BCUT2D eigenvalue weighted by atomic mass is 19.4. The predicted octanol–water partition coefficient (Wildman–Crippen LogP) is 5.50. The SMILES string of the molecule is C=C(c1ccc(OC(CCCCOCc2ccccc2)C(F)(F)F)cc1C)N(C=O)C(C=O)CCC=O.CNC. The molecule has 0 spiro atoms. The molecule has 1 amide bonds. The molecular weight excluding hydrogens is 525 g/mol. The third-order valence-corrected chi connectivity index (χ3v) is 5.79. The molecule has 0 radical (unpaired) electrons. The Morgan fingerprint density at radius 2 is 1.73 bits per heavy atom. The fraction of sp³-hybridized carbons (Fsp3) is 0.433. The summed E-state index contributed by atoms with van der Waals surface area (Å²) in [5, 5.41) is 2.75. The van der Waals surface area contributed by atoms with E-state index < -0.39 is 18.3 Å². The summed E-state index contributed by atoms with van der Waals surface area (Å²) < 4.78 is 51.7. The number of aryl methyl sites for hydroxylation is 1. The molecule has 2 rings (SSSR count). The van der Waals surface area contributed by atoms with Crippen molar-refractivity contribution in [2.45, 2.75) is 64.0 Å². The van der Waals surface area contributed by atoms with Crippen LogP contribution in [0.4, 0.5) is 13.2 Å². The second kappa shape index (κ2) is 18.7. The second-order valence-electron chi connectivity index (χ2n) is 9.07. The lowest BCUT2D eigenvalue weighted by Gasteiger charge is -2.27. The number of nitrogens with one attached hydrogen (secondary N) is 1. The van der Waals surface area contributed by atoms with Crippen molar-refractivity contribution in [2.75, 3.05) is 20.7 Å². The summed E-state index contributed by atoms with van der Waals surface area (Å²) in [5.41, 5.74) is 2.19.